The van der Waals surface area contributed by atoms with E-state index in [0.717, 1.165) is 27.6 Å². The van der Waals surface area contributed by atoms with Gasteiger partial charge in [0.2, 0.25) is 0 Å². The van der Waals surface area contributed by atoms with Gasteiger partial charge in [-0.25, -0.2) is 5.43 Å². The van der Waals surface area contributed by atoms with Crippen molar-refractivity contribution >= 4 is 34.5 Å². The van der Waals surface area contributed by atoms with Crippen LogP contribution in [0.15, 0.2) is 90.0 Å². The van der Waals surface area contributed by atoms with Gasteiger partial charge < -0.3 is 20.3 Å². The first-order chi connectivity index (χ1) is 17.5. The Bertz CT molecular complexity index is 1370. The molecule has 4 aromatic rings. The molecule has 1 unspecified atom stereocenters. The molecule has 188 valence electrons. The topological polar surface area (TPSA) is 103 Å². The zero-order valence-electron chi connectivity index (χ0n) is 19.4. The predicted octanol–water partition coefficient (Wildman–Crippen LogP) is 5.16. The maximum Gasteiger partial charge on any atom is 0.271 e. The Labute approximate surface area is 217 Å². The third kappa shape index (κ3) is 6.40. The number of rotatable bonds is 10. The van der Waals surface area contributed by atoms with Crippen molar-refractivity contribution in [1.82, 2.24) is 10.7 Å². The zero-order chi connectivity index (χ0) is 25.3. The first kappa shape index (κ1) is 25.2. The molecule has 0 bridgehead atoms. The number of aliphatic hydroxyl groups is 1. The maximum absolute atomic E-state index is 12.3. The number of amides is 1. The third-order valence-corrected chi connectivity index (χ3v) is 5.86. The van der Waals surface area contributed by atoms with Crippen molar-refractivity contribution in [3.63, 3.8) is 0 Å². The Morgan fingerprint density at radius 3 is 2.56 bits per heavy atom. The summed E-state index contributed by atoms with van der Waals surface area (Å²) in [6, 6.07) is 25.2. The molecule has 0 aromatic heterocycles. The highest BCUT2D eigenvalue weighted by Gasteiger charge is 2.09. The molecule has 7 nitrogen and oxygen atoms in total. The molecule has 0 saturated carbocycles. The largest absolute Gasteiger partial charge is 0.506 e. The maximum atomic E-state index is 12.3. The number of phenols is 1. The van der Waals surface area contributed by atoms with Gasteiger partial charge in [-0.15, -0.1) is 0 Å². The van der Waals surface area contributed by atoms with E-state index in [1.165, 1.54) is 18.2 Å². The second-order valence-corrected chi connectivity index (χ2v) is 8.45. The quantitative estimate of drug-likeness (QED) is 0.135. The second kappa shape index (κ2) is 12.2. The summed E-state index contributed by atoms with van der Waals surface area (Å²) >= 11 is 5.87. The van der Waals surface area contributed by atoms with Crippen LogP contribution in [0.25, 0.3) is 10.8 Å². The summed E-state index contributed by atoms with van der Waals surface area (Å²) in [6.07, 6.45) is 0.996. The normalized spacial score (nSPS) is 12.1. The molecule has 0 fully saturated rings. The molecule has 4 rings (SSSR count). The van der Waals surface area contributed by atoms with E-state index in [1.807, 2.05) is 66.7 Å². The van der Waals surface area contributed by atoms with Crippen LogP contribution < -0.4 is 15.5 Å². The Kier molecular flexibility index (Phi) is 8.52. The number of aliphatic hydroxyl groups excluding tert-OH is 1. The Balaban J connectivity index is 0.00000253. The molecule has 0 aliphatic rings. The summed E-state index contributed by atoms with van der Waals surface area (Å²) < 4.78 is 5.99. The van der Waals surface area contributed by atoms with Crippen molar-refractivity contribution in [1.29, 1.82) is 0 Å². The average Bonchev–Trinajstić information content (AvgIpc) is 2.91. The van der Waals surface area contributed by atoms with Gasteiger partial charge in [0.15, 0.2) is 0 Å². The number of halogens is 1. The lowest BCUT2D eigenvalue weighted by atomic mass is 10.0. The molecule has 4 N–H and O–H groups in total. The molecular weight excluding hydrogens is 478 g/mol. The molecule has 1 atom stereocenters. The summed E-state index contributed by atoms with van der Waals surface area (Å²) in [5, 5.41) is 29.0. The van der Waals surface area contributed by atoms with Gasteiger partial charge in [-0.1, -0.05) is 66.2 Å². The number of hydrogen-bond acceptors (Lipinski definition) is 6. The van der Waals surface area contributed by atoms with Gasteiger partial charge in [-0.3, -0.25) is 4.79 Å². The summed E-state index contributed by atoms with van der Waals surface area (Å²) in [5.74, 6) is 0.198. The van der Waals surface area contributed by atoms with Crippen LogP contribution in [0, 0.1) is 0 Å². The van der Waals surface area contributed by atoms with Gasteiger partial charge in [0.05, 0.1) is 17.3 Å². The number of fused-ring (bicyclic) bond motifs is 1. The number of aromatic hydroxyl groups is 1. The van der Waals surface area contributed by atoms with Gasteiger partial charge in [-0.05, 0) is 41.3 Å². The predicted molar refractivity (Wildman–Crippen MR) is 146 cm³/mol. The molecule has 8 heteroatoms. The molecule has 4 aromatic carbocycles. The SMILES string of the molecule is O=C(N/N=C/c1ccc(OCCNCC(O)c2ccccc2)c2ccccc12)c1ccc(O)c(Cl)c1.[HH].[HH]. The average molecular weight is 508 g/mol. The molecule has 0 radical (unpaired) electrons. The molecule has 0 spiro atoms. The smallest absolute Gasteiger partial charge is 0.271 e. The van der Waals surface area contributed by atoms with Gasteiger partial charge in [-0.2, -0.15) is 5.10 Å². The van der Waals surface area contributed by atoms with Crippen LogP contribution >= 0.6 is 11.6 Å². The van der Waals surface area contributed by atoms with E-state index in [1.54, 1.807) is 6.21 Å². The van der Waals surface area contributed by atoms with Gasteiger partial charge in [0.1, 0.15) is 18.1 Å². The minimum Gasteiger partial charge on any atom is -0.506 e. The molecular formula is C28H30ClN3O4. The summed E-state index contributed by atoms with van der Waals surface area (Å²) in [5.41, 5.74) is 4.44. The number of hydrazone groups is 1. The lowest BCUT2D eigenvalue weighted by Gasteiger charge is -2.14. The fourth-order valence-electron chi connectivity index (χ4n) is 3.67. The van der Waals surface area contributed by atoms with Crippen molar-refractivity contribution in [2.24, 2.45) is 5.10 Å². The zero-order valence-corrected chi connectivity index (χ0v) is 20.2. The van der Waals surface area contributed by atoms with Crippen LogP contribution in [-0.2, 0) is 0 Å². The van der Waals surface area contributed by atoms with Crippen molar-refractivity contribution in [2.75, 3.05) is 19.7 Å². The fourth-order valence-corrected chi connectivity index (χ4v) is 3.85. The first-order valence-electron chi connectivity index (χ1n) is 11.4. The lowest BCUT2D eigenvalue weighted by Crippen LogP contribution is -2.26. The highest BCUT2D eigenvalue weighted by atomic mass is 35.5. The Morgan fingerprint density at radius 2 is 1.78 bits per heavy atom. The highest BCUT2D eigenvalue weighted by Crippen LogP contribution is 2.28. The number of nitrogens with one attached hydrogen (secondary N) is 2. The van der Waals surface area contributed by atoms with Crippen molar-refractivity contribution in [2.45, 2.75) is 6.10 Å². The monoisotopic (exact) mass is 507 g/mol. The van der Waals surface area contributed by atoms with Crippen LogP contribution in [0.1, 0.15) is 30.4 Å². The summed E-state index contributed by atoms with van der Waals surface area (Å²) in [6.45, 7) is 1.45. The number of carbonyl (C=O) groups excluding carboxylic acids is 1. The second-order valence-electron chi connectivity index (χ2n) is 8.04. The van der Waals surface area contributed by atoms with E-state index < -0.39 is 12.0 Å². The third-order valence-electron chi connectivity index (χ3n) is 5.56. The van der Waals surface area contributed by atoms with E-state index in [2.05, 4.69) is 15.8 Å². The van der Waals surface area contributed by atoms with Crippen molar-refractivity contribution in [3.8, 4) is 11.5 Å². The van der Waals surface area contributed by atoms with Crippen molar-refractivity contribution in [3.05, 3.63) is 107 Å². The van der Waals surface area contributed by atoms with E-state index in [0.29, 0.717) is 19.7 Å². The standard InChI is InChI=1S/C28H26ClN3O4.2H2/c29-24-16-20(10-12-25(24)33)28(35)32-31-17-21-11-13-27(23-9-5-4-8-22(21)23)36-15-14-30-18-26(34)19-6-2-1-3-7-19;;/h1-13,16-17,26,30,33-34H,14-15,18H2,(H,32,35);2*1H/b31-17+;;. The van der Waals surface area contributed by atoms with Crippen LogP contribution in [-0.4, -0.2) is 42.0 Å². The number of carbonyl (C=O) groups is 1. The number of nitrogens with zero attached hydrogens (tertiary/aromatic N) is 1. The van der Waals surface area contributed by atoms with Gasteiger partial charge >= 0.3 is 0 Å². The molecule has 36 heavy (non-hydrogen) atoms. The van der Waals surface area contributed by atoms with E-state index >= 15 is 0 Å². The minimum absolute atomic E-state index is 0. The van der Waals surface area contributed by atoms with E-state index in [9.17, 15) is 15.0 Å². The molecule has 1 amide bonds. The van der Waals surface area contributed by atoms with Crippen LogP contribution in [0.5, 0.6) is 11.5 Å². The summed E-state index contributed by atoms with van der Waals surface area (Å²) in [4.78, 5) is 12.3. The number of phenolic OH excluding ortho intramolecular Hbond substituents is 1. The molecule has 0 saturated heterocycles. The molecule has 0 aliphatic heterocycles. The number of hydrogen-bond donors (Lipinski definition) is 4. The van der Waals surface area contributed by atoms with Crippen LogP contribution in [0.3, 0.4) is 0 Å². The number of ether oxygens (including phenoxy) is 1. The molecule has 0 heterocycles. The molecule has 0 aliphatic carbocycles. The highest BCUT2D eigenvalue weighted by molar-refractivity contribution is 6.32. The van der Waals surface area contributed by atoms with Gasteiger partial charge in [0, 0.05) is 32.5 Å². The van der Waals surface area contributed by atoms with E-state index in [-0.39, 0.29) is 19.2 Å². The van der Waals surface area contributed by atoms with Gasteiger partial charge in [0.25, 0.3) is 5.91 Å². The number of benzene rings is 4. The van der Waals surface area contributed by atoms with E-state index in [4.69, 9.17) is 16.3 Å². The first-order valence-corrected chi connectivity index (χ1v) is 11.8. The Morgan fingerprint density at radius 1 is 1.03 bits per heavy atom. The van der Waals surface area contributed by atoms with Crippen molar-refractivity contribution < 1.29 is 22.6 Å². The van der Waals surface area contributed by atoms with Crippen LogP contribution in [0.4, 0.5) is 0 Å². The summed E-state index contributed by atoms with van der Waals surface area (Å²) in [7, 11) is 0. The fraction of sp³-hybridized carbons (Fsp3) is 0.143. The Hall–Kier alpha value is -3.91. The lowest BCUT2D eigenvalue weighted by molar-refractivity contribution is 0.0955. The minimum atomic E-state index is -0.572. The van der Waals surface area contributed by atoms with Crippen LogP contribution in [0.2, 0.25) is 5.02 Å².